The van der Waals surface area contributed by atoms with Gasteiger partial charge in [-0.1, -0.05) is 355 Å². The number of nitrogens with zero attached hydrogens (tertiary/aromatic N) is 2. The molecule has 0 N–H and O–H groups in total. The second-order valence-corrected chi connectivity index (χ2v) is 40.3. The summed E-state index contributed by atoms with van der Waals surface area (Å²) in [6.45, 7) is 56.2. The zero-order valence-corrected chi connectivity index (χ0v) is 69.4. The zero-order chi connectivity index (χ0) is 76.6. The van der Waals surface area contributed by atoms with Gasteiger partial charge in [-0.2, -0.15) is 0 Å². The van der Waals surface area contributed by atoms with Crippen LogP contribution in [0.1, 0.15) is 254 Å². The minimum atomic E-state index is -0.198. The first kappa shape index (κ1) is 74.9. The van der Waals surface area contributed by atoms with Crippen LogP contribution in [-0.4, -0.2) is 6.71 Å². The van der Waals surface area contributed by atoms with Crippen molar-refractivity contribution in [3.63, 3.8) is 0 Å². The molecule has 0 radical (unpaired) electrons. The van der Waals surface area contributed by atoms with Crippen molar-refractivity contribution >= 4 is 57.2 Å². The molecule has 0 unspecified atom stereocenters. The molecule has 548 valence electrons. The highest BCUT2D eigenvalue weighted by Gasteiger charge is 2.47. The van der Waals surface area contributed by atoms with Gasteiger partial charge in [-0.05, 0) is 222 Å². The van der Waals surface area contributed by atoms with Crippen molar-refractivity contribution in [1.82, 2.24) is 0 Å². The molecule has 0 bridgehead atoms. The Bertz CT molecular complexity index is 4660. The van der Waals surface area contributed by atoms with Crippen molar-refractivity contribution in [3.05, 3.63) is 268 Å². The van der Waals surface area contributed by atoms with E-state index in [2.05, 4.69) is 394 Å². The van der Waals surface area contributed by atoms with Gasteiger partial charge in [-0.25, -0.2) is 0 Å². The Labute approximate surface area is 645 Å². The van der Waals surface area contributed by atoms with E-state index in [4.69, 9.17) is 0 Å². The molecule has 11 aromatic carbocycles. The molecule has 0 aromatic heterocycles. The van der Waals surface area contributed by atoms with Crippen LogP contribution < -0.4 is 26.2 Å². The molecule has 11 aromatic rings. The Balaban J connectivity index is 1.19. The lowest BCUT2D eigenvalue weighted by Crippen LogP contribution is -2.61. The molecular formula is C104H119BN2. The summed E-state index contributed by atoms with van der Waals surface area (Å²) in [5, 5.41) is 0. The van der Waals surface area contributed by atoms with E-state index in [1.54, 1.807) is 0 Å². The van der Waals surface area contributed by atoms with Crippen LogP contribution in [0.25, 0.3) is 66.8 Å². The highest BCUT2D eigenvalue weighted by atomic mass is 15.2. The van der Waals surface area contributed by atoms with Crippen LogP contribution in [-0.2, 0) is 43.3 Å². The van der Waals surface area contributed by atoms with E-state index >= 15 is 0 Å². The smallest absolute Gasteiger partial charge is 0.252 e. The molecule has 1 fully saturated rings. The molecule has 0 atom stereocenters. The second-order valence-electron chi connectivity index (χ2n) is 40.3. The van der Waals surface area contributed by atoms with Gasteiger partial charge < -0.3 is 9.80 Å². The molecule has 3 heteroatoms. The molecule has 3 aliphatic rings. The Kier molecular flexibility index (Phi) is 18.9. The molecular weight excluding hydrogens is 1290 g/mol. The number of rotatable bonds is 9. The third-order valence-electron chi connectivity index (χ3n) is 24.0. The Morgan fingerprint density at radius 2 is 0.467 bits per heavy atom. The molecule has 2 aliphatic heterocycles. The minimum Gasteiger partial charge on any atom is -0.310 e. The van der Waals surface area contributed by atoms with E-state index in [-0.39, 0.29) is 50.0 Å². The van der Waals surface area contributed by atoms with E-state index < -0.39 is 0 Å². The number of fused-ring (bicyclic) bond motifs is 4. The molecule has 0 saturated heterocycles. The van der Waals surface area contributed by atoms with Crippen LogP contribution in [0.5, 0.6) is 0 Å². The first-order valence-corrected chi connectivity index (χ1v) is 40.2. The van der Waals surface area contributed by atoms with Crippen LogP contribution in [0, 0.1) is 0 Å². The third-order valence-corrected chi connectivity index (χ3v) is 24.0. The summed E-state index contributed by atoms with van der Waals surface area (Å²) in [7, 11) is 0. The largest absolute Gasteiger partial charge is 0.310 e. The van der Waals surface area contributed by atoms with Gasteiger partial charge in [0.05, 0.1) is 11.4 Å². The zero-order valence-electron chi connectivity index (χ0n) is 69.4. The number of hydrogen-bond acceptors (Lipinski definition) is 2. The maximum Gasteiger partial charge on any atom is 0.252 e. The number of hydrogen-bond donors (Lipinski definition) is 0. The lowest BCUT2D eigenvalue weighted by molar-refractivity contribution is 0.444. The van der Waals surface area contributed by atoms with Crippen molar-refractivity contribution in [2.45, 2.75) is 248 Å². The van der Waals surface area contributed by atoms with Crippen molar-refractivity contribution in [1.29, 1.82) is 0 Å². The third kappa shape index (κ3) is 14.6. The monoisotopic (exact) mass is 1410 g/mol. The Morgan fingerprint density at radius 1 is 0.234 bits per heavy atom. The second kappa shape index (κ2) is 27.0. The highest BCUT2D eigenvalue weighted by molar-refractivity contribution is 7.00. The number of anilines is 6. The topological polar surface area (TPSA) is 6.48 Å². The molecule has 107 heavy (non-hydrogen) atoms. The van der Waals surface area contributed by atoms with Crippen LogP contribution >= 0.6 is 0 Å². The van der Waals surface area contributed by atoms with Crippen LogP contribution in [0.2, 0.25) is 0 Å². The predicted molar refractivity (Wildman–Crippen MR) is 469 cm³/mol. The van der Waals surface area contributed by atoms with Gasteiger partial charge in [-0.15, -0.1) is 0 Å². The standard InChI is InChI=1S/C104H119BN2/c1-97(2,3)76-44-30-67(31-45-76)73-42-56-90-88(58-73)105-89-59-74(68-32-46-77(47-33-68)98(4,5)6)43-57-91(89)107(96-86(71-38-52-80(53-39-71)101(13,14)15)64-83(104(22,23)24)65-87(96)72-40-54-81(55-41-72)102(16,17)18)93-61-75(66-28-26-25-27-29-66)60-92(94(93)105)106(90)95-84(69-34-48-78(49-35-69)99(7,8)9)62-82(103(19,20)21)63-85(95)70-36-50-79(51-37-70)100(10,11)12/h30-66H,25-29H2,1-24H3. The lowest BCUT2D eigenvalue weighted by atomic mass is 9.33. The first-order chi connectivity index (χ1) is 50.1. The van der Waals surface area contributed by atoms with E-state index in [1.807, 2.05) is 0 Å². The quantitative estimate of drug-likeness (QED) is 0.133. The molecule has 2 nitrogen and oxygen atoms in total. The van der Waals surface area contributed by atoms with Crippen LogP contribution in [0.3, 0.4) is 0 Å². The molecule has 14 rings (SSSR count). The van der Waals surface area contributed by atoms with Gasteiger partial charge >= 0.3 is 0 Å². The fourth-order valence-corrected chi connectivity index (χ4v) is 17.0. The minimum absolute atomic E-state index is 0.00453. The summed E-state index contributed by atoms with van der Waals surface area (Å²) in [6, 6.07) is 88.6. The van der Waals surface area contributed by atoms with E-state index in [0.717, 1.165) is 12.8 Å². The number of benzene rings is 11. The normalized spacial score (nSPS) is 14.6. The van der Waals surface area contributed by atoms with Crippen LogP contribution in [0.4, 0.5) is 34.1 Å². The molecule has 0 amide bonds. The van der Waals surface area contributed by atoms with E-state index in [9.17, 15) is 0 Å². The van der Waals surface area contributed by atoms with Gasteiger partial charge in [0.1, 0.15) is 0 Å². The van der Waals surface area contributed by atoms with Crippen molar-refractivity contribution in [2.24, 2.45) is 0 Å². The van der Waals surface area contributed by atoms with E-state index in [1.165, 1.54) is 187 Å². The highest BCUT2D eigenvalue weighted by Crippen LogP contribution is 2.56. The molecule has 1 saturated carbocycles. The lowest BCUT2D eigenvalue weighted by Gasteiger charge is -2.46. The average molecular weight is 1410 g/mol. The predicted octanol–water partition coefficient (Wildman–Crippen LogP) is 28.2. The molecule has 0 spiro atoms. The van der Waals surface area contributed by atoms with Gasteiger partial charge in [0.2, 0.25) is 0 Å². The van der Waals surface area contributed by atoms with Gasteiger partial charge in [0.15, 0.2) is 0 Å². The van der Waals surface area contributed by atoms with Crippen molar-refractivity contribution in [3.8, 4) is 66.8 Å². The van der Waals surface area contributed by atoms with Gasteiger partial charge in [-0.3, -0.25) is 0 Å². The Morgan fingerprint density at radius 3 is 0.710 bits per heavy atom. The van der Waals surface area contributed by atoms with Crippen molar-refractivity contribution in [2.75, 3.05) is 9.80 Å². The van der Waals surface area contributed by atoms with Gasteiger partial charge in [0.25, 0.3) is 6.71 Å². The van der Waals surface area contributed by atoms with Gasteiger partial charge in [0, 0.05) is 45.0 Å². The first-order valence-electron chi connectivity index (χ1n) is 40.2. The summed E-state index contributed by atoms with van der Waals surface area (Å²) in [6.07, 6.45) is 6.00. The SMILES string of the molecule is CC(C)(C)c1ccc(-c2ccc3c(c2)B2c4cc(-c5ccc(C(C)(C)C)cc5)ccc4N(c4c(-c5ccc(C(C)(C)C)cc5)cc(C(C)(C)C)cc4-c4ccc(C(C)(C)C)cc4)c4cc(C5CCCCC5)cc(c42)N3c2c(-c3ccc(C(C)(C)C)cc3)cc(C(C)(C)C)cc2-c2ccc(C(C)(C)C)cc2)cc1. The average Bonchev–Trinajstić information content (AvgIpc) is 0.686. The summed E-state index contributed by atoms with van der Waals surface area (Å²) >= 11 is 0. The fourth-order valence-electron chi connectivity index (χ4n) is 17.0. The Hall–Kier alpha value is -8.92. The summed E-state index contributed by atoms with van der Waals surface area (Å²) in [5.74, 6) is 0.362. The van der Waals surface area contributed by atoms with E-state index in [0.29, 0.717) is 5.92 Å². The molecule has 2 heterocycles. The fraction of sp³-hybridized carbons (Fsp3) is 0.365. The molecule has 1 aliphatic carbocycles. The van der Waals surface area contributed by atoms with Crippen LogP contribution in [0.15, 0.2) is 218 Å². The summed E-state index contributed by atoms with van der Waals surface area (Å²) < 4.78 is 0. The maximum atomic E-state index is 2.81. The summed E-state index contributed by atoms with van der Waals surface area (Å²) in [5.41, 5.74) is 37.3. The van der Waals surface area contributed by atoms with Crippen molar-refractivity contribution < 1.29 is 0 Å². The summed E-state index contributed by atoms with van der Waals surface area (Å²) in [4.78, 5) is 5.63. The maximum absolute atomic E-state index is 2.81.